The summed E-state index contributed by atoms with van der Waals surface area (Å²) in [6, 6.07) is 9.92. The number of morpholine rings is 1. The third-order valence-corrected chi connectivity index (χ3v) is 4.80. The summed E-state index contributed by atoms with van der Waals surface area (Å²) in [6.07, 6.45) is 1.99. The van der Waals surface area contributed by atoms with Crippen LogP contribution in [0.15, 0.2) is 30.3 Å². The standard InChI is InChI=1S/C19H22N4O2/c1-14-4-6-17-15(13-14)3-2-8-23(17)19(24)16-5-7-18(21-20-16)22-9-11-25-12-10-22/h4-7,13H,2-3,8-12H2,1H3. The van der Waals surface area contributed by atoms with Crippen LogP contribution in [0.4, 0.5) is 11.5 Å². The van der Waals surface area contributed by atoms with E-state index in [9.17, 15) is 4.79 Å². The van der Waals surface area contributed by atoms with Crippen molar-refractivity contribution in [3.63, 3.8) is 0 Å². The zero-order valence-corrected chi connectivity index (χ0v) is 14.4. The van der Waals surface area contributed by atoms with E-state index in [4.69, 9.17) is 4.74 Å². The molecule has 2 aliphatic heterocycles. The molecule has 2 aromatic rings. The monoisotopic (exact) mass is 338 g/mol. The molecule has 0 atom stereocenters. The van der Waals surface area contributed by atoms with E-state index < -0.39 is 0 Å². The second kappa shape index (κ2) is 6.80. The van der Waals surface area contributed by atoms with Crippen molar-refractivity contribution in [3.05, 3.63) is 47.2 Å². The Morgan fingerprint density at radius 3 is 2.68 bits per heavy atom. The topological polar surface area (TPSA) is 58.6 Å². The number of fused-ring (bicyclic) bond motifs is 1. The molecular weight excluding hydrogens is 316 g/mol. The number of amides is 1. The Kier molecular flexibility index (Phi) is 4.36. The van der Waals surface area contributed by atoms with E-state index in [1.807, 2.05) is 17.0 Å². The minimum Gasteiger partial charge on any atom is -0.378 e. The predicted molar refractivity (Wildman–Crippen MR) is 96.2 cm³/mol. The van der Waals surface area contributed by atoms with E-state index in [-0.39, 0.29) is 5.91 Å². The lowest BCUT2D eigenvalue weighted by Crippen LogP contribution is -2.38. The zero-order valence-electron chi connectivity index (χ0n) is 14.4. The largest absolute Gasteiger partial charge is 0.378 e. The number of ether oxygens (including phenoxy) is 1. The molecule has 1 amide bonds. The molecule has 6 nitrogen and oxygen atoms in total. The van der Waals surface area contributed by atoms with Crippen molar-refractivity contribution in [2.45, 2.75) is 19.8 Å². The number of hydrogen-bond acceptors (Lipinski definition) is 5. The van der Waals surface area contributed by atoms with Gasteiger partial charge in [0.25, 0.3) is 5.91 Å². The number of hydrogen-bond donors (Lipinski definition) is 0. The van der Waals surface area contributed by atoms with Gasteiger partial charge in [0.1, 0.15) is 0 Å². The first kappa shape index (κ1) is 16.0. The summed E-state index contributed by atoms with van der Waals surface area (Å²) in [5.41, 5.74) is 3.85. The van der Waals surface area contributed by atoms with Gasteiger partial charge in [-0.2, -0.15) is 0 Å². The van der Waals surface area contributed by atoms with Crippen molar-refractivity contribution in [2.75, 3.05) is 42.6 Å². The molecule has 0 saturated carbocycles. The van der Waals surface area contributed by atoms with E-state index in [1.165, 1.54) is 11.1 Å². The first-order valence-electron chi connectivity index (χ1n) is 8.80. The van der Waals surface area contributed by atoms with Crippen LogP contribution in [0.2, 0.25) is 0 Å². The molecule has 1 aromatic heterocycles. The fourth-order valence-electron chi connectivity index (χ4n) is 3.48. The van der Waals surface area contributed by atoms with Gasteiger partial charge in [0, 0.05) is 25.3 Å². The van der Waals surface area contributed by atoms with Crippen LogP contribution >= 0.6 is 0 Å². The van der Waals surface area contributed by atoms with Crippen LogP contribution in [-0.4, -0.2) is 49.0 Å². The Morgan fingerprint density at radius 2 is 1.92 bits per heavy atom. The molecule has 130 valence electrons. The van der Waals surface area contributed by atoms with Crippen LogP contribution in [0, 0.1) is 6.92 Å². The van der Waals surface area contributed by atoms with Crippen LogP contribution in [0.1, 0.15) is 28.0 Å². The molecule has 0 spiro atoms. The lowest BCUT2D eigenvalue weighted by Gasteiger charge is -2.30. The summed E-state index contributed by atoms with van der Waals surface area (Å²) in [4.78, 5) is 16.9. The molecule has 1 aromatic carbocycles. The van der Waals surface area contributed by atoms with Crippen LogP contribution in [0.25, 0.3) is 0 Å². The quantitative estimate of drug-likeness (QED) is 0.840. The van der Waals surface area contributed by atoms with Crippen LogP contribution in [-0.2, 0) is 11.2 Å². The first-order valence-corrected chi connectivity index (χ1v) is 8.80. The van der Waals surface area contributed by atoms with E-state index in [0.29, 0.717) is 18.9 Å². The summed E-state index contributed by atoms with van der Waals surface area (Å²) < 4.78 is 5.35. The molecule has 0 N–H and O–H groups in total. The third kappa shape index (κ3) is 3.22. The molecule has 4 rings (SSSR count). The van der Waals surface area contributed by atoms with Gasteiger partial charge in [-0.3, -0.25) is 4.79 Å². The number of carbonyl (C=O) groups is 1. The van der Waals surface area contributed by atoms with Crippen molar-refractivity contribution in [2.24, 2.45) is 0 Å². The molecule has 0 bridgehead atoms. The van der Waals surface area contributed by atoms with Gasteiger partial charge in [-0.15, -0.1) is 10.2 Å². The van der Waals surface area contributed by atoms with Crippen LogP contribution < -0.4 is 9.80 Å². The average molecular weight is 338 g/mol. The molecule has 1 fully saturated rings. The Bertz CT molecular complexity index is 769. The lowest BCUT2D eigenvalue weighted by atomic mass is 9.99. The predicted octanol–water partition coefficient (Wildman–Crippen LogP) is 2.21. The molecule has 25 heavy (non-hydrogen) atoms. The van der Waals surface area contributed by atoms with Gasteiger partial charge in [-0.05, 0) is 43.5 Å². The lowest BCUT2D eigenvalue weighted by molar-refractivity contribution is 0.0979. The maximum absolute atomic E-state index is 12.9. The van der Waals surface area contributed by atoms with Gasteiger partial charge in [-0.1, -0.05) is 17.7 Å². The highest BCUT2D eigenvalue weighted by atomic mass is 16.5. The molecule has 1 saturated heterocycles. The van der Waals surface area contributed by atoms with Gasteiger partial charge in [0.05, 0.1) is 13.2 Å². The van der Waals surface area contributed by atoms with Crippen molar-refractivity contribution < 1.29 is 9.53 Å². The van der Waals surface area contributed by atoms with Gasteiger partial charge >= 0.3 is 0 Å². The molecule has 6 heteroatoms. The minimum absolute atomic E-state index is 0.0779. The number of carbonyl (C=O) groups excluding carboxylic acids is 1. The maximum atomic E-state index is 12.9. The fraction of sp³-hybridized carbons (Fsp3) is 0.421. The maximum Gasteiger partial charge on any atom is 0.278 e. The summed E-state index contributed by atoms with van der Waals surface area (Å²) in [6.45, 7) is 5.82. The Labute approximate surface area is 147 Å². The third-order valence-electron chi connectivity index (χ3n) is 4.80. The number of aryl methyl sites for hydroxylation is 2. The van der Waals surface area contributed by atoms with Gasteiger partial charge < -0.3 is 14.5 Å². The smallest absolute Gasteiger partial charge is 0.278 e. The second-order valence-corrected chi connectivity index (χ2v) is 6.57. The average Bonchev–Trinajstić information content (AvgIpc) is 2.67. The Balaban J connectivity index is 1.55. The number of anilines is 2. The van der Waals surface area contributed by atoms with E-state index in [1.54, 1.807) is 6.07 Å². The van der Waals surface area contributed by atoms with Crippen molar-refractivity contribution in [1.29, 1.82) is 0 Å². The van der Waals surface area contributed by atoms with Crippen molar-refractivity contribution in [1.82, 2.24) is 10.2 Å². The van der Waals surface area contributed by atoms with Crippen LogP contribution in [0.5, 0.6) is 0 Å². The van der Waals surface area contributed by atoms with Crippen molar-refractivity contribution >= 4 is 17.4 Å². The molecule has 3 heterocycles. The summed E-state index contributed by atoms with van der Waals surface area (Å²) in [5.74, 6) is 0.723. The zero-order chi connectivity index (χ0) is 17.2. The Hall–Kier alpha value is -2.47. The molecule has 0 unspecified atom stereocenters. The normalized spacial score (nSPS) is 17.3. The van der Waals surface area contributed by atoms with E-state index in [0.717, 1.165) is 44.0 Å². The van der Waals surface area contributed by atoms with E-state index in [2.05, 4.69) is 34.2 Å². The van der Waals surface area contributed by atoms with Crippen LogP contribution in [0.3, 0.4) is 0 Å². The number of aromatic nitrogens is 2. The highest BCUT2D eigenvalue weighted by Crippen LogP contribution is 2.29. The minimum atomic E-state index is -0.0779. The SMILES string of the molecule is Cc1ccc2c(c1)CCCN2C(=O)c1ccc(N2CCOCC2)nn1. The summed E-state index contributed by atoms with van der Waals surface area (Å²) in [7, 11) is 0. The highest BCUT2D eigenvalue weighted by Gasteiger charge is 2.25. The molecule has 0 radical (unpaired) electrons. The molecule has 0 aliphatic carbocycles. The van der Waals surface area contributed by atoms with Gasteiger partial charge in [-0.25, -0.2) is 0 Å². The Morgan fingerprint density at radius 1 is 1.08 bits per heavy atom. The summed E-state index contributed by atoms with van der Waals surface area (Å²) in [5, 5.41) is 8.46. The number of benzene rings is 1. The van der Waals surface area contributed by atoms with Gasteiger partial charge in [0.2, 0.25) is 0 Å². The number of rotatable bonds is 2. The molecule has 2 aliphatic rings. The second-order valence-electron chi connectivity index (χ2n) is 6.57. The van der Waals surface area contributed by atoms with Crippen molar-refractivity contribution in [3.8, 4) is 0 Å². The van der Waals surface area contributed by atoms with E-state index >= 15 is 0 Å². The fourth-order valence-corrected chi connectivity index (χ4v) is 3.48. The molecular formula is C19H22N4O2. The number of nitrogens with zero attached hydrogens (tertiary/aromatic N) is 4. The summed E-state index contributed by atoms with van der Waals surface area (Å²) >= 11 is 0. The highest BCUT2D eigenvalue weighted by molar-refractivity contribution is 6.05. The van der Waals surface area contributed by atoms with Gasteiger partial charge in [0.15, 0.2) is 11.5 Å². The first-order chi connectivity index (χ1) is 12.2.